The van der Waals surface area contributed by atoms with Gasteiger partial charge in [-0.3, -0.25) is 0 Å². The number of thiol groups is 1. The van der Waals surface area contributed by atoms with E-state index >= 15 is 0 Å². The van der Waals surface area contributed by atoms with Gasteiger partial charge in [0.2, 0.25) is 0 Å². The predicted octanol–water partition coefficient (Wildman–Crippen LogP) is 2.57. The molecule has 56 valence electrons. The fraction of sp³-hybridized carbons (Fsp3) is 0.125. The highest BCUT2D eigenvalue weighted by atomic mass is 32.2. The Morgan fingerprint density at radius 1 is 1.55 bits per heavy atom. The number of thioether (sulfide) groups is 1. The Kier molecular flexibility index (Phi) is 2.86. The largest absolute Gasteiger partial charge is 0.192 e. The van der Waals surface area contributed by atoms with E-state index in [0.29, 0.717) is 5.56 Å². The van der Waals surface area contributed by atoms with Crippen molar-refractivity contribution in [2.24, 2.45) is 0 Å². The lowest BCUT2D eigenvalue weighted by molar-refractivity contribution is 1.27. The molecule has 0 aliphatic rings. The maximum Gasteiger partial charge on any atom is 0.101 e. The molecule has 3 heteroatoms. The van der Waals surface area contributed by atoms with E-state index in [2.05, 4.69) is 18.7 Å². The standard InChI is InChI=1S/C8H7NS2/c1-11-8-4-2-3-7(10)6(8)5-9/h2-4,10H,1H3. The van der Waals surface area contributed by atoms with Gasteiger partial charge in [-0.25, -0.2) is 0 Å². The molecule has 1 rings (SSSR count). The van der Waals surface area contributed by atoms with Crippen molar-refractivity contribution in [2.75, 3.05) is 6.26 Å². The molecule has 1 aromatic carbocycles. The second kappa shape index (κ2) is 3.70. The van der Waals surface area contributed by atoms with Gasteiger partial charge >= 0.3 is 0 Å². The SMILES string of the molecule is CSc1cccc(S)c1C#N. The van der Waals surface area contributed by atoms with Crippen LogP contribution in [0.15, 0.2) is 28.0 Å². The Morgan fingerprint density at radius 3 is 2.73 bits per heavy atom. The van der Waals surface area contributed by atoms with Crippen LogP contribution in [-0.4, -0.2) is 6.26 Å². The molecule has 0 heterocycles. The van der Waals surface area contributed by atoms with Crippen molar-refractivity contribution in [1.29, 1.82) is 5.26 Å². The fourth-order valence-corrected chi connectivity index (χ4v) is 1.71. The lowest BCUT2D eigenvalue weighted by atomic mass is 10.2. The minimum absolute atomic E-state index is 0.670. The highest BCUT2D eigenvalue weighted by Crippen LogP contribution is 2.24. The van der Waals surface area contributed by atoms with Crippen LogP contribution in [0.25, 0.3) is 0 Å². The van der Waals surface area contributed by atoms with E-state index in [9.17, 15) is 0 Å². The van der Waals surface area contributed by atoms with Gasteiger partial charge in [-0.15, -0.1) is 24.4 Å². The average molecular weight is 181 g/mol. The molecule has 0 bridgehead atoms. The maximum atomic E-state index is 8.72. The van der Waals surface area contributed by atoms with Gasteiger partial charge in [-0.1, -0.05) is 6.07 Å². The van der Waals surface area contributed by atoms with E-state index in [1.165, 1.54) is 0 Å². The molecule has 0 radical (unpaired) electrons. The van der Waals surface area contributed by atoms with Crippen molar-refractivity contribution in [2.45, 2.75) is 9.79 Å². The van der Waals surface area contributed by atoms with Gasteiger partial charge in [-0.05, 0) is 18.4 Å². The molecular weight excluding hydrogens is 174 g/mol. The summed E-state index contributed by atoms with van der Waals surface area (Å²) < 4.78 is 0. The minimum atomic E-state index is 0.670. The second-order valence-electron chi connectivity index (χ2n) is 1.97. The van der Waals surface area contributed by atoms with Gasteiger partial charge in [0.15, 0.2) is 0 Å². The third-order valence-electron chi connectivity index (χ3n) is 1.34. The third-order valence-corrected chi connectivity index (χ3v) is 2.49. The molecule has 0 atom stereocenters. The lowest BCUT2D eigenvalue weighted by Crippen LogP contribution is -1.81. The summed E-state index contributed by atoms with van der Waals surface area (Å²) in [5.74, 6) is 0. The van der Waals surface area contributed by atoms with Gasteiger partial charge < -0.3 is 0 Å². The van der Waals surface area contributed by atoms with Gasteiger partial charge in [-0.2, -0.15) is 5.26 Å². The first-order chi connectivity index (χ1) is 5.29. The number of nitriles is 1. The molecule has 1 aromatic rings. The monoisotopic (exact) mass is 181 g/mol. The zero-order valence-corrected chi connectivity index (χ0v) is 7.75. The molecule has 0 N–H and O–H groups in total. The Labute approximate surface area is 75.8 Å². The topological polar surface area (TPSA) is 23.8 Å². The molecule has 0 aliphatic heterocycles. The second-order valence-corrected chi connectivity index (χ2v) is 3.30. The number of nitrogens with zero attached hydrogens (tertiary/aromatic N) is 1. The summed E-state index contributed by atoms with van der Waals surface area (Å²) in [6.07, 6.45) is 1.95. The highest BCUT2D eigenvalue weighted by Gasteiger charge is 2.02. The van der Waals surface area contributed by atoms with Crippen LogP contribution in [0.1, 0.15) is 5.56 Å². The molecule has 0 amide bonds. The van der Waals surface area contributed by atoms with Crippen LogP contribution < -0.4 is 0 Å². The fourth-order valence-electron chi connectivity index (χ4n) is 0.802. The minimum Gasteiger partial charge on any atom is -0.192 e. The van der Waals surface area contributed by atoms with Crippen molar-refractivity contribution < 1.29 is 0 Å². The Hall–Kier alpha value is -0.590. The third kappa shape index (κ3) is 1.70. The molecule has 0 spiro atoms. The zero-order valence-electron chi connectivity index (χ0n) is 6.03. The van der Waals surface area contributed by atoms with Gasteiger partial charge in [0.05, 0.1) is 5.56 Å². The number of hydrogen-bond acceptors (Lipinski definition) is 3. The summed E-state index contributed by atoms with van der Waals surface area (Å²) in [7, 11) is 0. The van der Waals surface area contributed by atoms with Crippen LogP contribution in [0.4, 0.5) is 0 Å². The molecule has 0 aliphatic carbocycles. The normalized spacial score (nSPS) is 9.18. The average Bonchev–Trinajstić information content (AvgIpc) is 2.04. The Balaban J connectivity index is 3.27. The number of rotatable bonds is 1. The molecule has 0 unspecified atom stereocenters. The van der Waals surface area contributed by atoms with Crippen LogP contribution >= 0.6 is 24.4 Å². The summed E-state index contributed by atoms with van der Waals surface area (Å²) in [5.41, 5.74) is 0.670. The van der Waals surface area contributed by atoms with Crippen LogP contribution in [0.2, 0.25) is 0 Å². The van der Waals surface area contributed by atoms with E-state index in [-0.39, 0.29) is 0 Å². The van der Waals surface area contributed by atoms with Crippen LogP contribution in [0.5, 0.6) is 0 Å². The summed E-state index contributed by atoms with van der Waals surface area (Å²) in [6, 6.07) is 7.76. The lowest BCUT2D eigenvalue weighted by Gasteiger charge is -2.00. The molecule has 0 saturated heterocycles. The summed E-state index contributed by atoms with van der Waals surface area (Å²) in [5, 5.41) is 8.72. The van der Waals surface area contributed by atoms with Crippen molar-refractivity contribution in [3.63, 3.8) is 0 Å². The van der Waals surface area contributed by atoms with Crippen molar-refractivity contribution in [1.82, 2.24) is 0 Å². The van der Waals surface area contributed by atoms with E-state index < -0.39 is 0 Å². The predicted molar refractivity (Wildman–Crippen MR) is 50.2 cm³/mol. The maximum absolute atomic E-state index is 8.72. The zero-order chi connectivity index (χ0) is 8.27. The first kappa shape index (κ1) is 8.51. The Morgan fingerprint density at radius 2 is 2.27 bits per heavy atom. The molecule has 0 fully saturated rings. The summed E-state index contributed by atoms with van der Waals surface area (Å²) >= 11 is 5.73. The first-order valence-corrected chi connectivity index (χ1v) is 4.73. The number of hydrogen-bond donors (Lipinski definition) is 1. The van der Waals surface area contributed by atoms with Crippen LogP contribution in [0.3, 0.4) is 0 Å². The quantitative estimate of drug-likeness (QED) is 0.532. The van der Waals surface area contributed by atoms with E-state index in [0.717, 1.165) is 9.79 Å². The first-order valence-electron chi connectivity index (χ1n) is 3.05. The molecule has 0 aromatic heterocycles. The highest BCUT2D eigenvalue weighted by molar-refractivity contribution is 7.98. The summed E-state index contributed by atoms with van der Waals surface area (Å²) in [6.45, 7) is 0. The summed E-state index contributed by atoms with van der Waals surface area (Å²) in [4.78, 5) is 1.74. The number of benzene rings is 1. The van der Waals surface area contributed by atoms with Crippen LogP contribution in [-0.2, 0) is 0 Å². The molecule has 1 nitrogen and oxygen atoms in total. The van der Waals surface area contributed by atoms with E-state index in [1.807, 2.05) is 24.5 Å². The van der Waals surface area contributed by atoms with Gasteiger partial charge in [0.25, 0.3) is 0 Å². The molecular formula is C8H7NS2. The Bertz CT molecular complexity index is 301. The van der Waals surface area contributed by atoms with Crippen molar-refractivity contribution >= 4 is 24.4 Å². The van der Waals surface area contributed by atoms with Gasteiger partial charge in [0, 0.05) is 9.79 Å². The van der Waals surface area contributed by atoms with Crippen molar-refractivity contribution in [3.8, 4) is 6.07 Å². The molecule has 0 saturated carbocycles. The van der Waals surface area contributed by atoms with E-state index in [1.54, 1.807) is 11.8 Å². The smallest absolute Gasteiger partial charge is 0.101 e. The van der Waals surface area contributed by atoms with Crippen LogP contribution in [0, 0.1) is 11.3 Å². The molecule has 11 heavy (non-hydrogen) atoms. The van der Waals surface area contributed by atoms with Gasteiger partial charge in [0.1, 0.15) is 6.07 Å². The van der Waals surface area contributed by atoms with E-state index in [4.69, 9.17) is 5.26 Å². The van der Waals surface area contributed by atoms with Crippen molar-refractivity contribution in [3.05, 3.63) is 23.8 Å².